The van der Waals surface area contributed by atoms with Gasteiger partial charge in [0.1, 0.15) is 6.73 Å². The number of carbonyl (C=O) groups excluding carboxylic acids is 1. The summed E-state index contributed by atoms with van der Waals surface area (Å²) in [5.41, 5.74) is 11.0. The van der Waals surface area contributed by atoms with Crippen LogP contribution in [0.15, 0.2) is 6.20 Å². The van der Waals surface area contributed by atoms with Crippen LogP contribution in [0.4, 0.5) is 5.69 Å². The van der Waals surface area contributed by atoms with E-state index in [1.54, 1.807) is 0 Å². The van der Waals surface area contributed by atoms with E-state index in [0.717, 1.165) is 6.42 Å². The smallest absolute Gasteiger partial charge is 0.271 e. The first kappa shape index (κ1) is 11.5. The SMILES string of the molecule is CCC(C)OCn1cc(N)c(C(N)=O)n1. The van der Waals surface area contributed by atoms with Gasteiger partial charge in [-0.2, -0.15) is 5.10 Å². The van der Waals surface area contributed by atoms with Gasteiger partial charge in [0.2, 0.25) is 0 Å². The molecular formula is C9H16N4O2. The number of ether oxygens (including phenoxy) is 1. The molecule has 0 spiro atoms. The van der Waals surface area contributed by atoms with Crippen molar-refractivity contribution in [2.75, 3.05) is 5.73 Å². The molecule has 0 aliphatic rings. The molecule has 0 saturated heterocycles. The number of nitrogen functional groups attached to an aromatic ring is 1. The molecule has 1 amide bonds. The van der Waals surface area contributed by atoms with Crippen molar-refractivity contribution in [2.24, 2.45) is 5.73 Å². The molecule has 0 saturated carbocycles. The molecule has 0 aromatic carbocycles. The molecule has 1 heterocycles. The van der Waals surface area contributed by atoms with E-state index in [-0.39, 0.29) is 24.2 Å². The summed E-state index contributed by atoms with van der Waals surface area (Å²) in [6, 6.07) is 0. The summed E-state index contributed by atoms with van der Waals surface area (Å²) in [5.74, 6) is -0.630. The van der Waals surface area contributed by atoms with Gasteiger partial charge in [0.15, 0.2) is 5.69 Å². The summed E-state index contributed by atoms with van der Waals surface area (Å²) < 4.78 is 6.88. The van der Waals surface area contributed by atoms with E-state index in [1.807, 2.05) is 13.8 Å². The number of amides is 1. The van der Waals surface area contributed by atoms with Gasteiger partial charge in [0, 0.05) is 0 Å². The van der Waals surface area contributed by atoms with E-state index in [4.69, 9.17) is 16.2 Å². The van der Waals surface area contributed by atoms with Gasteiger partial charge in [-0.1, -0.05) is 6.92 Å². The Balaban J connectivity index is 2.63. The molecule has 6 heteroatoms. The highest BCUT2D eigenvalue weighted by Crippen LogP contribution is 2.08. The van der Waals surface area contributed by atoms with Gasteiger partial charge in [-0.25, -0.2) is 4.68 Å². The average Bonchev–Trinajstić information content (AvgIpc) is 2.56. The fraction of sp³-hybridized carbons (Fsp3) is 0.556. The van der Waals surface area contributed by atoms with Crippen molar-refractivity contribution in [3.8, 4) is 0 Å². The quantitative estimate of drug-likeness (QED) is 0.735. The van der Waals surface area contributed by atoms with Crippen LogP contribution in [0.5, 0.6) is 0 Å². The predicted molar refractivity (Wildman–Crippen MR) is 56.0 cm³/mol. The Morgan fingerprint density at radius 2 is 2.40 bits per heavy atom. The Labute approximate surface area is 88.2 Å². The fourth-order valence-corrected chi connectivity index (χ4v) is 1.02. The molecule has 0 fully saturated rings. The van der Waals surface area contributed by atoms with Gasteiger partial charge >= 0.3 is 0 Å². The van der Waals surface area contributed by atoms with E-state index in [2.05, 4.69) is 5.10 Å². The molecule has 1 aromatic heterocycles. The molecule has 0 bridgehead atoms. The molecule has 15 heavy (non-hydrogen) atoms. The maximum atomic E-state index is 10.9. The van der Waals surface area contributed by atoms with Crippen molar-refractivity contribution >= 4 is 11.6 Å². The first-order valence-corrected chi connectivity index (χ1v) is 4.79. The molecule has 1 atom stereocenters. The van der Waals surface area contributed by atoms with Crippen LogP contribution < -0.4 is 11.5 Å². The number of carbonyl (C=O) groups is 1. The van der Waals surface area contributed by atoms with Crippen molar-refractivity contribution in [1.82, 2.24) is 9.78 Å². The minimum atomic E-state index is -0.630. The van der Waals surface area contributed by atoms with Crippen LogP contribution in [0.25, 0.3) is 0 Å². The Kier molecular flexibility index (Phi) is 3.68. The van der Waals surface area contributed by atoms with Gasteiger partial charge in [-0.05, 0) is 13.3 Å². The van der Waals surface area contributed by atoms with Gasteiger partial charge in [0.25, 0.3) is 5.91 Å². The third-order valence-electron chi connectivity index (χ3n) is 2.09. The second-order valence-corrected chi connectivity index (χ2v) is 3.35. The Morgan fingerprint density at radius 3 is 2.87 bits per heavy atom. The predicted octanol–water partition coefficient (Wildman–Crippen LogP) is 0.337. The van der Waals surface area contributed by atoms with Gasteiger partial charge < -0.3 is 16.2 Å². The lowest BCUT2D eigenvalue weighted by Crippen LogP contribution is -2.15. The van der Waals surface area contributed by atoms with Crippen LogP contribution in [0.3, 0.4) is 0 Å². The first-order chi connectivity index (χ1) is 7.04. The van der Waals surface area contributed by atoms with Crippen molar-refractivity contribution in [1.29, 1.82) is 0 Å². The summed E-state index contributed by atoms with van der Waals surface area (Å²) in [5, 5.41) is 3.91. The Morgan fingerprint density at radius 1 is 1.73 bits per heavy atom. The van der Waals surface area contributed by atoms with Crippen molar-refractivity contribution in [3.05, 3.63) is 11.9 Å². The summed E-state index contributed by atoms with van der Waals surface area (Å²) >= 11 is 0. The Hall–Kier alpha value is -1.56. The van der Waals surface area contributed by atoms with Crippen molar-refractivity contribution in [3.63, 3.8) is 0 Å². The van der Waals surface area contributed by atoms with Crippen LogP contribution in [0.1, 0.15) is 30.8 Å². The number of hydrogen-bond donors (Lipinski definition) is 2. The molecule has 0 radical (unpaired) electrons. The second-order valence-electron chi connectivity index (χ2n) is 3.35. The fourth-order valence-electron chi connectivity index (χ4n) is 1.02. The summed E-state index contributed by atoms with van der Waals surface area (Å²) in [6.45, 7) is 4.26. The molecule has 4 N–H and O–H groups in total. The molecule has 1 rings (SSSR count). The zero-order valence-corrected chi connectivity index (χ0v) is 8.93. The number of rotatable bonds is 5. The highest BCUT2D eigenvalue weighted by Gasteiger charge is 2.11. The minimum Gasteiger partial charge on any atom is -0.396 e. The van der Waals surface area contributed by atoms with Crippen molar-refractivity contribution < 1.29 is 9.53 Å². The molecule has 0 aliphatic heterocycles. The van der Waals surface area contributed by atoms with Gasteiger partial charge in [-0.15, -0.1) is 0 Å². The van der Waals surface area contributed by atoms with Gasteiger partial charge in [0.05, 0.1) is 18.0 Å². The third-order valence-corrected chi connectivity index (χ3v) is 2.09. The molecule has 1 unspecified atom stereocenters. The number of primary amides is 1. The lowest BCUT2D eigenvalue weighted by Gasteiger charge is -2.09. The van der Waals surface area contributed by atoms with Crippen LogP contribution in [-0.4, -0.2) is 21.8 Å². The number of aromatic nitrogens is 2. The van der Waals surface area contributed by atoms with Crippen LogP contribution in [0, 0.1) is 0 Å². The highest BCUT2D eigenvalue weighted by atomic mass is 16.5. The molecule has 6 nitrogen and oxygen atoms in total. The van der Waals surface area contributed by atoms with E-state index in [0.29, 0.717) is 0 Å². The zero-order chi connectivity index (χ0) is 11.4. The summed E-state index contributed by atoms with van der Waals surface area (Å²) in [7, 11) is 0. The largest absolute Gasteiger partial charge is 0.396 e. The minimum absolute atomic E-state index is 0.0859. The summed E-state index contributed by atoms with van der Waals surface area (Å²) in [6.07, 6.45) is 2.59. The Bertz CT molecular complexity index is 348. The maximum absolute atomic E-state index is 10.9. The zero-order valence-electron chi connectivity index (χ0n) is 8.93. The third kappa shape index (κ3) is 2.95. The molecule has 84 valence electrons. The van der Waals surface area contributed by atoms with Crippen LogP contribution >= 0.6 is 0 Å². The lowest BCUT2D eigenvalue weighted by molar-refractivity contribution is 0.00976. The molecular weight excluding hydrogens is 196 g/mol. The number of hydrogen-bond acceptors (Lipinski definition) is 4. The standard InChI is InChI=1S/C9H16N4O2/c1-3-6(2)15-5-13-4-7(10)8(12-13)9(11)14/h4,6H,3,5,10H2,1-2H3,(H2,11,14). The number of nitrogens with zero attached hydrogens (tertiary/aromatic N) is 2. The monoisotopic (exact) mass is 212 g/mol. The van der Waals surface area contributed by atoms with Crippen molar-refractivity contribution in [2.45, 2.75) is 33.1 Å². The lowest BCUT2D eigenvalue weighted by atomic mass is 10.3. The first-order valence-electron chi connectivity index (χ1n) is 4.79. The van der Waals surface area contributed by atoms with E-state index in [1.165, 1.54) is 10.9 Å². The van der Waals surface area contributed by atoms with Gasteiger partial charge in [-0.3, -0.25) is 4.79 Å². The van der Waals surface area contributed by atoms with E-state index >= 15 is 0 Å². The van der Waals surface area contributed by atoms with E-state index in [9.17, 15) is 4.79 Å². The number of nitrogens with two attached hydrogens (primary N) is 2. The highest BCUT2D eigenvalue weighted by molar-refractivity contribution is 5.95. The average molecular weight is 212 g/mol. The van der Waals surface area contributed by atoms with Crippen LogP contribution in [-0.2, 0) is 11.5 Å². The number of anilines is 1. The molecule has 0 aliphatic carbocycles. The maximum Gasteiger partial charge on any atom is 0.271 e. The second kappa shape index (κ2) is 4.79. The topological polar surface area (TPSA) is 96.2 Å². The van der Waals surface area contributed by atoms with Crippen LogP contribution in [0.2, 0.25) is 0 Å². The van der Waals surface area contributed by atoms with E-state index < -0.39 is 5.91 Å². The summed E-state index contributed by atoms with van der Waals surface area (Å²) in [4.78, 5) is 10.9. The molecule has 1 aromatic rings. The normalized spacial score (nSPS) is 12.7.